The summed E-state index contributed by atoms with van der Waals surface area (Å²) in [6.45, 7) is 0.496. The lowest BCUT2D eigenvalue weighted by Gasteiger charge is -2.16. The molecule has 1 amide bonds. The van der Waals surface area contributed by atoms with E-state index in [1.54, 1.807) is 29.2 Å². The molecule has 0 spiro atoms. The number of hydrogen-bond acceptors (Lipinski definition) is 7. The van der Waals surface area contributed by atoms with Gasteiger partial charge in [0.25, 0.3) is 0 Å². The monoisotopic (exact) mass is 454 g/mol. The highest BCUT2D eigenvalue weighted by molar-refractivity contribution is 8.15. The van der Waals surface area contributed by atoms with E-state index >= 15 is 0 Å². The molecule has 1 N–H and O–H groups in total. The first-order valence-corrected chi connectivity index (χ1v) is 11.3. The van der Waals surface area contributed by atoms with Gasteiger partial charge >= 0.3 is 5.97 Å². The Hall–Kier alpha value is -2.97. The van der Waals surface area contributed by atoms with Crippen molar-refractivity contribution in [3.05, 3.63) is 65.7 Å². The Morgan fingerprint density at radius 1 is 1.09 bits per heavy atom. The molecular weight excluding hydrogens is 428 g/mol. The topological polar surface area (TPSA) is 96.3 Å². The number of aliphatic imine (C=N–C) groups is 1. The zero-order valence-corrected chi connectivity index (χ0v) is 18.7. The SMILES string of the molecule is COC(=O)c1ccccc1CC(=O)CC1SC(=Nc2ccccc2)N(CCCCO)C1=O. The predicted octanol–water partition coefficient (Wildman–Crippen LogP) is 3.38. The van der Waals surface area contributed by atoms with E-state index in [1.165, 1.54) is 18.9 Å². The van der Waals surface area contributed by atoms with Crippen LogP contribution in [0.15, 0.2) is 59.6 Å². The summed E-state index contributed by atoms with van der Waals surface area (Å²) in [6, 6.07) is 16.2. The molecule has 1 aliphatic rings. The number of aliphatic hydroxyl groups excluding tert-OH is 1. The quantitative estimate of drug-likeness (QED) is 0.437. The molecule has 7 nitrogen and oxygen atoms in total. The molecule has 1 fully saturated rings. The van der Waals surface area contributed by atoms with Crippen LogP contribution in [0.3, 0.4) is 0 Å². The van der Waals surface area contributed by atoms with Gasteiger partial charge in [-0.2, -0.15) is 0 Å². The average molecular weight is 455 g/mol. The number of unbranched alkanes of at least 4 members (excludes halogenated alkanes) is 1. The van der Waals surface area contributed by atoms with Crippen LogP contribution in [0.1, 0.15) is 35.2 Å². The minimum Gasteiger partial charge on any atom is -0.465 e. The highest BCUT2D eigenvalue weighted by atomic mass is 32.2. The first kappa shape index (κ1) is 23.7. The number of hydrogen-bond donors (Lipinski definition) is 1. The van der Waals surface area contributed by atoms with Crippen LogP contribution in [-0.4, -0.2) is 58.3 Å². The fourth-order valence-corrected chi connectivity index (χ4v) is 4.62. The van der Waals surface area contributed by atoms with Crippen molar-refractivity contribution in [2.45, 2.75) is 30.9 Å². The highest BCUT2D eigenvalue weighted by Gasteiger charge is 2.38. The maximum atomic E-state index is 13.0. The second kappa shape index (κ2) is 11.6. The Kier molecular flexibility index (Phi) is 8.58. The van der Waals surface area contributed by atoms with E-state index in [9.17, 15) is 14.4 Å². The molecule has 1 atom stereocenters. The van der Waals surface area contributed by atoms with Gasteiger partial charge in [0.1, 0.15) is 5.78 Å². The van der Waals surface area contributed by atoms with Gasteiger partial charge in [-0.3, -0.25) is 14.5 Å². The van der Waals surface area contributed by atoms with E-state index < -0.39 is 11.2 Å². The third-order valence-electron chi connectivity index (χ3n) is 5.01. The number of rotatable bonds is 10. The lowest BCUT2D eigenvalue weighted by Crippen LogP contribution is -2.34. The minimum atomic E-state index is -0.565. The van der Waals surface area contributed by atoms with Crippen molar-refractivity contribution in [1.29, 1.82) is 0 Å². The van der Waals surface area contributed by atoms with Gasteiger partial charge in [-0.15, -0.1) is 0 Å². The van der Waals surface area contributed by atoms with Crippen LogP contribution in [0.5, 0.6) is 0 Å². The van der Waals surface area contributed by atoms with Crippen LogP contribution < -0.4 is 0 Å². The van der Waals surface area contributed by atoms with Crippen LogP contribution in [0.4, 0.5) is 5.69 Å². The third kappa shape index (κ3) is 6.05. The highest BCUT2D eigenvalue weighted by Crippen LogP contribution is 2.32. The molecule has 8 heteroatoms. The number of carbonyl (C=O) groups is 3. The average Bonchev–Trinajstić information content (AvgIpc) is 3.08. The Bertz CT molecular complexity index is 993. The zero-order valence-electron chi connectivity index (χ0n) is 17.9. The zero-order chi connectivity index (χ0) is 22.9. The fraction of sp³-hybridized carbons (Fsp3) is 0.333. The molecule has 1 saturated heterocycles. The van der Waals surface area contributed by atoms with Crippen LogP contribution in [0.2, 0.25) is 0 Å². The summed E-state index contributed by atoms with van der Waals surface area (Å²) in [5, 5.41) is 9.08. The van der Waals surface area contributed by atoms with Gasteiger partial charge in [-0.05, 0) is 36.6 Å². The molecule has 2 aromatic rings. The molecule has 0 radical (unpaired) electrons. The number of thioether (sulfide) groups is 1. The van der Waals surface area contributed by atoms with Crippen LogP contribution in [0, 0.1) is 0 Å². The van der Waals surface area contributed by atoms with Gasteiger partial charge in [0, 0.05) is 26.0 Å². The van der Waals surface area contributed by atoms with Gasteiger partial charge in [-0.1, -0.05) is 48.2 Å². The van der Waals surface area contributed by atoms with E-state index in [-0.39, 0.29) is 31.1 Å². The number of esters is 1. The molecule has 0 saturated carbocycles. The minimum absolute atomic E-state index is 0.0450. The third-order valence-corrected chi connectivity index (χ3v) is 6.19. The molecule has 3 rings (SSSR count). The van der Waals surface area contributed by atoms with E-state index in [0.717, 1.165) is 5.69 Å². The summed E-state index contributed by atoms with van der Waals surface area (Å²) < 4.78 is 4.79. The predicted molar refractivity (Wildman–Crippen MR) is 124 cm³/mol. The number of amides is 1. The standard InChI is InChI=1S/C24H26N2O5S/c1-31-23(30)20-12-6-5-9-17(20)15-19(28)16-21-22(29)26(13-7-8-14-27)24(32-21)25-18-10-3-2-4-11-18/h2-6,9-12,21,27H,7-8,13-16H2,1H3. The molecule has 1 heterocycles. The Labute approximate surface area is 191 Å². The van der Waals surface area contributed by atoms with E-state index in [2.05, 4.69) is 4.99 Å². The van der Waals surface area contributed by atoms with Gasteiger partial charge in [0.2, 0.25) is 5.91 Å². The molecule has 0 aromatic heterocycles. The molecule has 32 heavy (non-hydrogen) atoms. The summed E-state index contributed by atoms with van der Waals surface area (Å²) in [7, 11) is 1.30. The van der Waals surface area contributed by atoms with Crippen LogP contribution >= 0.6 is 11.8 Å². The Balaban J connectivity index is 1.73. The summed E-state index contributed by atoms with van der Waals surface area (Å²) in [4.78, 5) is 44.0. The maximum absolute atomic E-state index is 13.0. The fourth-order valence-electron chi connectivity index (χ4n) is 3.40. The molecule has 168 valence electrons. The molecular formula is C24H26N2O5S. The lowest BCUT2D eigenvalue weighted by atomic mass is 10.00. The van der Waals surface area contributed by atoms with Crippen molar-refractivity contribution in [3.63, 3.8) is 0 Å². The van der Waals surface area contributed by atoms with Gasteiger partial charge in [0.05, 0.1) is 23.6 Å². The molecule has 0 aliphatic carbocycles. The maximum Gasteiger partial charge on any atom is 0.338 e. The van der Waals surface area contributed by atoms with Crippen molar-refractivity contribution in [1.82, 2.24) is 4.90 Å². The van der Waals surface area contributed by atoms with Crippen molar-refractivity contribution < 1.29 is 24.2 Å². The largest absolute Gasteiger partial charge is 0.465 e. The number of ketones is 1. The van der Waals surface area contributed by atoms with Crippen molar-refractivity contribution in [2.75, 3.05) is 20.3 Å². The molecule has 0 bridgehead atoms. The van der Waals surface area contributed by atoms with Gasteiger partial charge < -0.3 is 9.84 Å². The van der Waals surface area contributed by atoms with E-state index in [0.29, 0.717) is 35.7 Å². The number of benzene rings is 2. The molecule has 2 aromatic carbocycles. The number of aliphatic hydroxyl groups is 1. The smallest absolute Gasteiger partial charge is 0.338 e. The van der Waals surface area contributed by atoms with Crippen LogP contribution in [-0.2, 0) is 20.7 Å². The number of carbonyl (C=O) groups excluding carboxylic acids is 3. The second-order valence-corrected chi connectivity index (χ2v) is 8.50. The number of ether oxygens (including phenoxy) is 1. The summed E-state index contributed by atoms with van der Waals surface area (Å²) in [5.41, 5.74) is 1.66. The summed E-state index contributed by atoms with van der Waals surface area (Å²) >= 11 is 1.29. The molecule has 1 aliphatic heterocycles. The summed E-state index contributed by atoms with van der Waals surface area (Å²) in [6.07, 6.45) is 1.32. The van der Waals surface area contributed by atoms with Crippen molar-refractivity contribution in [2.24, 2.45) is 4.99 Å². The molecule has 1 unspecified atom stereocenters. The van der Waals surface area contributed by atoms with Crippen molar-refractivity contribution >= 4 is 40.3 Å². The lowest BCUT2D eigenvalue weighted by molar-refractivity contribution is -0.128. The normalized spacial score (nSPS) is 17.1. The van der Waals surface area contributed by atoms with Crippen LogP contribution in [0.25, 0.3) is 0 Å². The first-order valence-electron chi connectivity index (χ1n) is 10.4. The van der Waals surface area contributed by atoms with E-state index in [1.807, 2.05) is 30.3 Å². The van der Waals surface area contributed by atoms with Gasteiger partial charge in [-0.25, -0.2) is 9.79 Å². The van der Waals surface area contributed by atoms with E-state index in [4.69, 9.17) is 9.84 Å². The number of para-hydroxylation sites is 1. The second-order valence-electron chi connectivity index (χ2n) is 7.33. The number of amidine groups is 1. The first-order chi connectivity index (χ1) is 15.5. The number of Topliss-reactive ketones (excluding diaryl/α,β-unsaturated/α-hetero) is 1. The number of nitrogens with zero attached hydrogens (tertiary/aromatic N) is 2. The van der Waals surface area contributed by atoms with Gasteiger partial charge in [0.15, 0.2) is 5.17 Å². The Morgan fingerprint density at radius 3 is 2.53 bits per heavy atom. The Morgan fingerprint density at radius 2 is 1.81 bits per heavy atom. The van der Waals surface area contributed by atoms with Crippen molar-refractivity contribution in [3.8, 4) is 0 Å². The summed E-state index contributed by atoms with van der Waals surface area (Å²) in [5.74, 6) is -0.784. The number of methoxy groups -OCH3 is 1.